The molecule has 1 aromatic carbocycles. The zero-order valence-corrected chi connectivity index (χ0v) is 20.0. The summed E-state index contributed by atoms with van der Waals surface area (Å²) in [5.41, 5.74) is -0.606. The number of nitrogens with one attached hydrogen (secondary N) is 1. The molecule has 34 heavy (non-hydrogen) atoms. The van der Waals surface area contributed by atoms with Crippen LogP contribution in [0.1, 0.15) is 45.1 Å². The SMILES string of the molecule is Cc1ccc(S(=O)(=O)NCC2=C(C(F)(F)F)O[C@@H]3O[C@]4(C)CC[C@H]5[C@H](C)CC[C@@H]2[C@@]35OO4)cc1. The highest BCUT2D eigenvalue weighted by Gasteiger charge is 2.70. The van der Waals surface area contributed by atoms with E-state index in [0.29, 0.717) is 25.7 Å². The molecule has 1 aliphatic carbocycles. The maximum absolute atomic E-state index is 14.2. The van der Waals surface area contributed by atoms with Gasteiger partial charge in [-0.05, 0) is 56.7 Å². The van der Waals surface area contributed by atoms with Gasteiger partial charge in [-0.3, -0.25) is 0 Å². The Morgan fingerprint density at radius 3 is 2.50 bits per heavy atom. The van der Waals surface area contributed by atoms with Gasteiger partial charge in [0.15, 0.2) is 5.60 Å². The lowest BCUT2D eigenvalue weighted by molar-refractivity contribution is -0.557. The minimum atomic E-state index is -4.83. The summed E-state index contributed by atoms with van der Waals surface area (Å²) in [5.74, 6) is -3.23. The molecule has 6 rings (SSSR count). The smallest absolute Gasteiger partial charge is 0.449 e. The van der Waals surface area contributed by atoms with Crippen molar-refractivity contribution in [2.24, 2.45) is 17.8 Å². The third-order valence-electron chi connectivity index (χ3n) is 7.70. The van der Waals surface area contributed by atoms with Crippen LogP contribution >= 0.6 is 0 Å². The number of fused-ring (bicyclic) bond motifs is 2. The normalized spacial score (nSPS) is 37.7. The van der Waals surface area contributed by atoms with Crippen molar-refractivity contribution in [1.29, 1.82) is 0 Å². The average molecular weight is 504 g/mol. The second-order valence-electron chi connectivity index (χ2n) is 9.96. The third kappa shape index (κ3) is 3.76. The van der Waals surface area contributed by atoms with Crippen LogP contribution in [0.3, 0.4) is 0 Å². The van der Waals surface area contributed by atoms with Crippen molar-refractivity contribution in [3.8, 4) is 0 Å². The number of benzene rings is 1. The Balaban J connectivity index is 1.55. The molecule has 4 heterocycles. The van der Waals surface area contributed by atoms with E-state index in [-0.39, 0.29) is 22.3 Å². The molecule has 188 valence electrons. The van der Waals surface area contributed by atoms with Crippen LogP contribution in [0.2, 0.25) is 0 Å². The predicted molar refractivity (Wildman–Crippen MR) is 113 cm³/mol. The topological polar surface area (TPSA) is 83.1 Å². The minimum Gasteiger partial charge on any atom is -0.456 e. The van der Waals surface area contributed by atoms with Gasteiger partial charge < -0.3 is 9.47 Å². The van der Waals surface area contributed by atoms with E-state index in [9.17, 15) is 21.6 Å². The number of hydrogen-bond donors (Lipinski definition) is 1. The van der Waals surface area contributed by atoms with Gasteiger partial charge in [-0.25, -0.2) is 22.9 Å². The third-order valence-corrected chi connectivity index (χ3v) is 9.11. The average Bonchev–Trinajstić information content (AvgIpc) is 2.99. The van der Waals surface area contributed by atoms with Gasteiger partial charge in [0.25, 0.3) is 0 Å². The van der Waals surface area contributed by atoms with Gasteiger partial charge >= 0.3 is 6.18 Å². The molecule has 3 saturated heterocycles. The highest BCUT2D eigenvalue weighted by Crippen LogP contribution is 2.61. The lowest BCUT2D eigenvalue weighted by atomic mass is 9.59. The fourth-order valence-corrected chi connectivity index (χ4v) is 6.92. The molecule has 5 aliphatic rings. The summed E-state index contributed by atoms with van der Waals surface area (Å²) in [5, 5.41) is 0. The largest absolute Gasteiger partial charge is 0.456 e. The Bertz CT molecular complexity index is 1100. The number of hydrogen-bond acceptors (Lipinski definition) is 6. The zero-order valence-electron chi connectivity index (χ0n) is 19.1. The number of rotatable bonds is 4. The van der Waals surface area contributed by atoms with Crippen molar-refractivity contribution in [2.45, 2.75) is 75.2 Å². The summed E-state index contributed by atoms with van der Waals surface area (Å²) < 4.78 is 82.1. The Hall–Kier alpha value is -1.66. The van der Waals surface area contributed by atoms with Crippen molar-refractivity contribution >= 4 is 10.0 Å². The standard InChI is InChI=1S/C23H28F3NO6S/c1-13-4-7-15(8-5-13)34(28,29)27-12-16-18-9-6-14(2)17-10-11-21(3)31-20(22(17,18)33-32-21)30-19(16)23(24,25)26/h4-5,7-8,14,17-18,20,27H,6,9-12H2,1-3H3/t14-,17+,18+,20-,21+,22-/m1/s1. The van der Waals surface area contributed by atoms with Crippen LogP contribution in [-0.4, -0.2) is 38.8 Å². The number of ether oxygens (including phenoxy) is 2. The van der Waals surface area contributed by atoms with Crippen molar-refractivity contribution in [2.75, 3.05) is 6.54 Å². The summed E-state index contributed by atoms with van der Waals surface area (Å²) in [6, 6.07) is 6.09. The highest BCUT2D eigenvalue weighted by atomic mass is 32.2. The number of aryl methyl sites for hydroxylation is 1. The van der Waals surface area contributed by atoms with Crippen molar-refractivity contribution in [1.82, 2.24) is 4.72 Å². The molecular weight excluding hydrogens is 475 g/mol. The van der Waals surface area contributed by atoms with Gasteiger partial charge in [-0.1, -0.05) is 24.6 Å². The highest BCUT2D eigenvalue weighted by molar-refractivity contribution is 7.89. The van der Waals surface area contributed by atoms with Gasteiger partial charge in [0.2, 0.25) is 27.9 Å². The molecule has 4 fully saturated rings. The van der Waals surface area contributed by atoms with Crippen LogP contribution in [-0.2, 0) is 29.3 Å². The van der Waals surface area contributed by atoms with Crippen LogP contribution in [0.5, 0.6) is 0 Å². The molecular formula is C23H28F3NO6S. The number of halogens is 3. The molecule has 0 radical (unpaired) electrons. The minimum absolute atomic E-state index is 0.0269. The van der Waals surface area contributed by atoms with Gasteiger partial charge in [-0.2, -0.15) is 13.2 Å². The van der Waals surface area contributed by atoms with E-state index in [2.05, 4.69) is 4.72 Å². The van der Waals surface area contributed by atoms with E-state index >= 15 is 0 Å². The number of alkyl halides is 3. The van der Waals surface area contributed by atoms with Gasteiger partial charge in [0, 0.05) is 24.8 Å². The summed E-state index contributed by atoms with van der Waals surface area (Å²) in [4.78, 5) is 11.5. The fourth-order valence-electron chi connectivity index (χ4n) is 5.91. The van der Waals surface area contributed by atoms with E-state index < -0.39 is 52.1 Å². The van der Waals surface area contributed by atoms with Crippen LogP contribution in [0.25, 0.3) is 0 Å². The van der Waals surface area contributed by atoms with Gasteiger partial charge in [-0.15, -0.1) is 0 Å². The summed E-state index contributed by atoms with van der Waals surface area (Å²) >= 11 is 0. The van der Waals surface area contributed by atoms with Crippen molar-refractivity contribution in [3.05, 3.63) is 41.2 Å². The monoisotopic (exact) mass is 503 g/mol. The first-order valence-electron chi connectivity index (χ1n) is 11.4. The summed E-state index contributed by atoms with van der Waals surface area (Å²) in [6.07, 6.45) is -4.02. The van der Waals surface area contributed by atoms with Gasteiger partial charge in [0.05, 0.1) is 4.90 Å². The second-order valence-corrected chi connectivity index (χ2v) is 11.7. The zero-order chi connectivity index (χ0) is 24.5. The quantitative estimate of drug-likeness (QED) is 0.616. The number of allylic oxidation sites excluding steroid dienone is 1. The second kappa shape index (κ2) is 7.92. The molecule has 1 spiro atoms. The predicted octanol–water partition coefficient (Wildman–Crippen LogP) is 4.34. The Labute approximate surface area is 196 Å². The maximum Gasteiger partial charge on any atom is 0.449 e. The molecule has 4 aliphatic heterocycles. The van der Waals surface area contributed by atoms with E-state index in [0.717, 1.165) is 5.56 Å². The lowest BCUT2D eigenvalue weighted by Gasteiger charge is -2.57. The van der Waals surface area contributed by atoms with Crippen molar-refractivity contribution in [3.63, 3.8) is 0 Å². The summed E-state index contributed by atoms with van der Waals surface area (Å²) in [7, 11) is -4.06. The molecule has 0 unspecified atom stereocenters. The molecule has 1 aromatic rings. The lowest BCUT2D eigenvalue weighted by Crippen LogP contribution is -2.67. The Morgan fingerprint density at radius 2 is 1.82 bits per heavy atom. The molecule has 11 heteroatoms. The Morgan fingerprint density at radius 1 is 1.12 bits per heavy atom. The number of sulfonamides is 1. The van der Waals surface area contributed by atoms with E-state index in [1.165, 1.54) is 12.1 Å². The van der Waals surface area contributed by atoms with E-state index in [1.54, 1.807) is 19.1 Å². The van der Waals surface area contributed by atoms with E-state index in [4.69, 9.17) is 19.2 Å². The van der Waals surface area contributed by atoms with Gasteiger partial charge in [0.1, 0.15) is 0 Å². The maximum atomic E-state index is 14.2. The first-order valence-corrected chi connectivity index (χ1v) is 12.9. The molecule has 0 aromatic heterocycles. The first kappa shape index (κ1) is 24.1. The first-order chi connectivity index (χ1) is 15.9. The molecule has 1 saturated carbocycles. The summed E-state index contributed by atoms with van der Waals surface area (Å²) in [6.45, 7) is 4.92. The van der Waals surface area contributed by atoms with E-state index in [1.807, 2.05) is 13.8 Å². The van der Waals surface area contributed by atoms with Crippen LogP contribution in [0, 0.1) is 24.7 Å². The van der Waals surface area contributed by atoms with Crippen molar-refractivity contribution < 1.29 is 40.8 Å². The van der Waals surface area contributed by atoms with Crippen LogP contribution in [0.15, 0.2) is 40.5 Å². The molecule has 0 amide bonds. The van der Waals surface area contributed by atoms with Crippen LogP contribution in [0.4, 0.5) is 13.2 Å². The fraction of sp³-hybridized carbons (Fsp3) is 0.652. The molecule has 2 bridgehead atoms. The molecule has 1 N–H and O–H groups in total. The van der Waals surface area contributed by atoms with Crippen LogP contribution < -0.4 is 4.72 Å². The Kier molecular flexibility index (Phi) is 5.61. The molecule has 6 atom stereocenters. The molecule has 7 nitrogen and oxygen atoms in total.